The minimum atomic E-state index is 0.563. The highest BCUT2D eigenvalue weighted by atomic mass is 16.5. The summed E-state index contributed by atoms with van der Waals surface area (Å²) in [6.07, 6.45) is 5.56. The molecule has 2 heteroatoms. The molecule has 0 aliphatic heterocycles. The molecule has 1 N–H and O–H groups in total. The number of rotatable bonds is 6. The summed E-state index contributed by atoms with van der Waals surface area (Å²) in [7, 11) is 0. The lowest BCUT2D eigenvalue weighted by molar-refractivity contribution is 0.272. The van der Waals surface area contributed by atoms with Crippen molar-refractivity contribution in [3.63, 3.8) is 0 Å². The fourth-order valence-electron chi connectivity index (χ4n) is 2.46. The molecule has 1 aromatic rings. The lowest BCUT2D eigenvalue weighted by Crippen LogP contribution is -2.12. The summed E-state index contributed by atoms with van der Waals surface area (Å²) in [5.41, 5.74) is 1.14. The van der Waals surface area contributed by atoms with Crippen molar-refractivity contribution in [3.8, 4) is 5.75 Å². The molecule has 0 radical (unpaired) electrons. The van der Waals surface area contributed by atoms with Crippen molar-refractivity contribution < 1.29 is 4.74 Å². The van der Waals surface area contributed by atoms with E-state index in [9.17, 15) is 0 Å². The average Bonchev–Trinajstić information content (AvgIpc) is 2.88. The number of hydrogen-bond donors (Lipinski definition) is 1. The van der Waals surface area contributed by atoms with Crippen LogP contribution in [0.25, 0.3) is 0 Å². The standard InChI is InChI=1S/C16H25NO/c1-13(2)12-18-16-10-6-5-9-15(16)17-11-14-7-3-4-8-14/h5-6,9-10,13-14,17H,3-4,7-8,11-12H2,1-2H3. The van der Waals surface area contributed by atoms with Crippen molar-refractivity contribution >= 4 is 5.69 Å². The van der Waals surface area contributed by atoms with Crippen LogP contribution in [0, 0.1) is 11.8 Å². The smallest absolute Gasteiger partial charge is 0.142 e. The molecular weight excluding hydrogens is 222 g/mol. The second kappa shape index (κ2) is 6.67. The Morgan fingerprint density at radius 3 is 2.67 bits per heavy atom. The molecule has 2 rings (SSSR count). The first kappa shape index (κ1) is 13.3. The van der Waals surface area contributed by atoms with Gasteiger partial charge in [0.25, 0.3) is 0 Å². The number of anilines is 1. The van der Waals surface area contributed by atoms with Crippen molar-refractivity contribution in [1.29, 1.82) is 0 Å². The molecule has 0 bridgehead atoms. The first-order chi connectivity index (χ1) is 8.75. The lowest BCUT2D eigenvalue weighted by Gasteiger charge is -2.16. The van der Waals surface area contributed by atoms with Gasteiger partial charge in [-0.15, -0.1) is 0 Å². The molecule has 1 aliphatic rings. The average molecular weight is 247 g/mol. The normalized spacial score (nSPS) is 16.2. The van der Waals surface area contributed by atoms with E-state index >= 15 is 0 Å². The maximum Gasteiger partial charge on any atom is 0.142 e. The van der Waals surface area contributed by atoms with Crippen LogP contribution in [0.2, 0.25) is 0 Å². The van der Waals surface area contributed by atoms with E-state index in [1.54, 1.807) is 0 Å². The van der Waals surface area contributed by atoms with E-state index < -0.39 is 0 Å². The number of para-hydroxylation sites is 2. The Labute approximate surface area is 111 Å². The maximum absolute atomic E-state index is 5.85. The van der Waals surface area contributed by atoms with Crippen LogP contribution < -0.4 is 10.1 Å². The summed E-state index contributed by atoms with van der Waals surface area (Å²) in [5, 5.41) is 3.55. The van der Waals surface area contributed by atoms with Crippen LogP contribution in [-0.2, 0) is 0 Å². The van der Waals surface area contributed by atoms with Gasteiger partial charge >= 0.3 is 0 Å². The summed E-state index contributed by atoms with van der Waals surface area (Å²) in [6.45, 7) is 6.22. The Bertz CT molecular complexity index is 356. The minimum Gasteiger partial charge on any atom is -0.491 e. The Morgan fingerprint density at radius 1 is 1.22 bits per heavy atom. The van der Waals surface area contributed by atoms with E-state index in [0.717, 1.165) is 30.5 Å². The SMILES string of the molecule is CC(C)COc1ccccc1NCC1CCCC1. The molecule has 0 atom stereocenters. The quantitative estimate of drug-likeness (QED) is 0.808. The van der Waals surface area contributed by atoms with Gasteiger partial charge in [-0.1, -0.05) is 38.8 Å². The minimum absolute atomic E-state index is 0.563. The molecule has 0 spiro atoms. The number of nitrogens with one attached hydrogen (secondary N) is 1. The molecular formula is C16H25NO. The molecule has 0 saturated heterocycles. The van der Waals surface area contributed by atoms with Gasteiger partial charge in [-0.25, -0.2) is 0 Å². The largest absolute Gasteiger partial charge is 0.491 e. The summed E-state index contributed by atoms with van der Waals surface area (Å²) in [6, 6.07) is 8.28. The van der Waals surface area contributed by atoms with Crippen molar-refractivity contribution in [2.24, 2.45) is 11.8 Å². The van der Waals surface area contributed by atoms with E-state index in [0.29, 0.717) is 5.92 Å². The third-order valence-corrected chi connectivity index (χ3v) is 3.52. The van der Waals surface area contributed by atoms with Gasteiger partial charge in [-0.2, -0.15) is 0 Å². The zero-order valence-corrected chi connectivity index (χ0v) is 11.6. The van der Waals surface area contributed by atoms with Crippen molar-refractivity contribution in [2.75, 3.05) is 18.5 Å². The lowest BCUT2D eigenvalue weighted by atomic mass is 10.1. The summed E-state index contributed by atoms with van der Waals surface area (Å²) in [5.74, 6) is 2.40. The van der Waals surface area contributed by atoms with Crippen molar-refractivity contribution in [1.82, 2.24) is 0 Å². The predicted molar refractivity (Wildman–Crippen MR) is 77.2 cm³/mol. The third-order valence-electron chi connectivity index (χ3n) is 3.52. The third kappa shape index (κ3) is 3.94. The Balaban J connectivity index is 1.89. The highest BCUT2D eigenvalue weighted by molar-refractivity contribution is 5.56. The summed E-state index contributed by atoms with van der Waals surface area (Å²) in [4.78, 5) is 0. The monoisotopic (exact) mass is 247 g/mol. The zero-order chi connectivity index (χ0) is 12.8. The molecule has 18 heavy (non-hydrogen) atoms. The van der Waals surface area contributed by atoms with E-state index in [1.165, 1.54) is 25.7 Å². The highest BCUT2D eigenvalue weighted by Crippen LogP contribution is 2.28. The van der Waals surface area contributed by atoms with Crippen LogP contribution in [-0.4, -0.2) is 13.2 Å². The van der Waals surface area contributed by atoms with Gasteiger partial charge in [0.05, 0.1) is 12.3 Å². The molecule has 0 aromatic heterocycles. The van der Waals surface area contributed by atoms with Crippen LogP contribution >= 0.6 is 0 Å². The molecule has 100 valence electrons. The highest BCUT2D eigenvalue weighted by Gasteiger charge is 2.15. The van der Waals surface area contributed by atoms with E-state index in [4.69, 9.17) is 4.74 Å². The van der Waals surface area contributed by atoms with Crippen molar-refractivity contribution in [2.45, 2.75) is 39.5 Å². The molecule has 0 unspecified atom stereocenters. The van der Waals surface area contributed by atoms with Gasteiger partial charge in [0.15, 0.2) is 0 Å². The number of benzene rings is 1. The summed E-state index contributed by atoms with van der Waals surface area (Å²) < 4.78 is 5.85. The van der Waals surface area contributed by atoms with Gasteiger partial charge in [-0.3, -0.25) is 0 Å². The fraction of sp³-hybridized carbons (Fsp3) is 0.625. The van der Waals surface area contributed by atoms with Crippen LogP contribution in [0.1, 0.15) is 39.5 Å². The number of hydrogen-bond acceptors (Lipinski definition) is 2. The number of ether oxygens (including phenoxy) is 1. The molecule has 1 aromatic carbocycles. The van der Waals surface area contributed by atoms with Crippen LogP contribution in [0.15, 0.2) is 24.3 Å². The van der Waals surface area contributed by atoms with E-state index in [-0.39, 0.29) is 0 Å². The topological polar surface area (TPSA) is 21.3 Å². The van der Waals surface area contributed by atoms with E-state index in [2.05, 4.69) is 37.4 Å². The van der Waals surface area contributed by atoms with E-state index in [1.807, 2.05) is 6.07 Å². The van der Waals surface area contributed by atoms with Gasteiger partial charge in [0.1, 0.15) is 5.75 Å². The summed E-state index contributed by atoms with van der Waals surface area (Å²) >= 11 is 0. The second-order valence-electron chi connectivity index (χ2n) is 5.73. The Hall–Kier alpha value is -1.18. The molecule has 1 saturated carbocycles. The molecule has 2 nitrogen and oxygen atoms in total. The first-order valence-corrected chi connectivity index (χ1v) is 7.21. The van der Waals surface area contributed by atoms with Gasteiger partial charge in [-0.05, 0) is 36.8 Å². The van der Waals surface area contributed by atoms with Crippen LogP contribution in [0.4, 0.5) is 5.69 Å². The maximum atomic E-state index is 5.85. The zero-order valence-electron chi connectivity index (χ0n) is 11.6. The fourth-order valence-corrected chi connectivity index (χ4v) is 2.46. The van der Waals surface area contributed by atoms with Gasteiger partial charge in [0.2, 0.25) is 0 Å². The van der Waals surface area contributed by atoms with Gasteiger partial charge < -0.3 is 10.1 Å². The van der Waals surface area contributed by atoms with Gasteiger partial charge in [0, 0.05) is 6.54 Å². The van der Waals surface area contributed by atoms with Crippen LogP contribution in [0.3, 0.4) is 0 Å². The molecule has 1 aliphatic carbocycles. The molecule has 1 fully saturated rings. The Kier molecular flexibility index (Phi) is 4.91. The molecule has 0 heterocycles. The van der Waals surface area contributed by atoms with Crippen molar-refractivity contribution in [3.05, 3.63) is 24.3 Å². The predicted octanol–water partition coefficient (Wildman–Crippen LogP) is 4.32. The molecule has 0 amide bonds. The first-order valence-electron chi connectivity index (χ1n) is 7.21. The van der Waals surface area contributed by atoms with Crippen LogP contribution in [0.5, 0.6) is 5.75 Å². The Morgan fingerprint density at radius 2 is 1.94 bits per heavy atom. The second-order valence-corrected chi connectivity index (χ2v) is 5.73.